The summed E-state index contributed by atoms with van der Waals surface area (Å²) in [6.45, 7) is 2.19. The number of pyridine rings is 1. The Morgan fingerprint density at radius 2 is 1.76 bits per heavy atom. The molecular formula is C30H24F3N3O2. The number of halogens is 3. The molecule has 0 radical (unpaired) electrons. The third-order valence-electron chi connectivity index (χ3n) is 7.02. The van der Waals surface area contributed by atoms with E-state index in [2.05, 4.69) is 4.98 Å². The number of rotatable bonds is 4. The van der Waals surface area contributed by atoms with Gasteiger partial charge in [0, 0.05) is 19.2 Å². The maximum Gasteiger partial charge on any atom is 0.416 e. The lowest BCUT2D eigenvalue weighted by atomic mass is 9.94. The van der Waals surface area contributed by atoms with Crippen LogP contribution in [0.15, 0.2) is 85.1 Å². The molecule has 3 heterocycles. The van der Waals surface area contributed by atoms with Crippen LogP contribution in [-0.4, -0.2) is 33.3 Å². The molecule has 0 aliphatic carbocycles. The Labute approximate surface area is 217 Å². The lowest BCUT2D eigenvalue weighted by molar-refractivity contribution is -0.137. The summed E-state index contributed by atoms with van der Waals surface area (Å²) in [5.74, 6) is 0.382. The lowest BCUT2D eigenvalue weighted by Crippen LogP contribution is -2.43. The Kier molecular flexibility index (Phi) is 5.82. The van der Waals surface area contributed by atoms with E-state index in [-0.39, 0.29) is 18.2 Å². The van der Waals surface area contributed by atoms with Crippen LogP contribution in [0.3, 0.4) is 0 Å². The van der Waals surface area contributed by atoms with Crippen LogP contribution < -0.4 is 4.74 Å². The number of ether oxygens (including phenoxy) is 1. The van der Waals surface area contributed by atoms with Crippen molar-refractivity contribution in [2.24, 2.45) is 0 Å². The highest BCUT2D eigenvalue weighted by atomic mass is 19.4. The standard InChI is InChI=1S/C30H24F3N3O2/c1-19-6-8-21(9-7-19)28-29-25(34-26-17-23(30(31,32)33)12-14-35(26)29)13-15-36(28)27(37)18-38-24-11-10-20-4-2-3-5-22(20)16-24/h2-12,14,16-17,28H,13,15,18H2,1H3. The van der Waals surface area contributed by atoms with Gasteiger partial charge in [-0.25, -0.2) is 4.98 Å². The number of aryl methyl sites for hydroxylation is 1. The van der Waals surface area contributed by atoms with Crippen LogP contribution in [0, 0.1) is 6.92 Å². The molecule has 38 heavy (non-hydrogen) atoms. The summed E-state index contributed by atoms with van der Waals surface area (Å²) in [5, 5.41) is 2.09. The van der Waals surface area contributed by atoms with Crippen molar-refractivity contribution in [1.82, 2.24) is 14.3 Å². The van der Waals surface area contributed by atoms with E-state index in [4.69, 9.17) is 4.74 Å². The molecule has 1 aliphatic rings. The summed E-state index contributed by atoms with van der Waals surface area (Å²) in [6.07, 6.45) is -2.64. The molecule has 1 aliphatic heterocycles. The Hall–Kier alpha value is -4.33. The second-order valence-corrected chi connectivity index (χ2v) is 9.53. The van der Waals surface area contributed by atoms with Gasteiger partial charge >= 0.3 is 6.18 Å². The van der Waals surface area contributed by atoms with Gasteiger partial charge in [0.1, 0.15) is 11.4 Å². The average molecular weight is 516 g/mol. The fourth-order valence-corrected chi connectivity index (χ4v) is 5.11. The second-order valence-electron chi connectivity index (χ2n) is 9.53. The number of aromatic nitrogens is 2. The maximum absolute atomic E-state index is 13.6. The lowest BCUT2D eigenvalue weighted by Gasteiger charge is -2.36. The van der Waals surface area contributed by atoms with Crippen molar-refractivity contribution in [2.45, 2.75) is 25.6 Å². The molecule has 1 amide bonds. The summed E-state index contributed by atoms with van der Waals surface area (Å²) in [7, 11) is 0. The molecule has 0 bridgehead atoms. The number of fused-ring (bicyclic) bond motifs is 4. The summed E-state index contributed by atoms with van der Waals surface area (Å²) in [4.78, 5) is 19.8. The molecule has 0 fully saturated rings. The zero-order valence-electron chi connectivity index (χ0n) is 20.6. The summed E-state index contributed by atoms with van der Waals surface area (Å²) >= 11 is 0. The minimum Gasteiger partial charge on any atom is -0.484 e. The van der Waals surface area contributed by atoms with Gasteiger partial charge in [-0.3, -0.25) is 4.79 Å². The van der Waals surface area contributed by atoms with E-state index in [1.54, 1.807) is 9.30 Å². The molecule has 0 saturated carbocycles. The van der Waals surface area contributed by atoms with Crippen LogP contribution in [0.4, 0.5) is 13.2 Å². The Bertz CT molecular complexity index is 1660. The van der Waals surface area contributed by atoms with Crippen LogP contribution in [0.5, 0.6) is 5.75 Å². The minimum atomic E-state index is -4.47. The summed E-state index contributed by atoms with van der Waals surface area (Å²) in [5.41, 5.74) is 2.77. The van der Waals surface area contributed by atoms with Crippen LogP contribution in [0.1, 0.15) is 34.1 Å². The first-order valence-electron chi connectivity index (χ1n) is 12.3. The van der Waals surface area contributed by atoms with E-state index in [9.17, 15) is 18.0 Å². The van der Waals surface area contributed by atoms with Crippen LogP contribution in [-0.2, 0) is 17.4 Å². The number of hydrogen-bond acceptors (Lipinski definition) is 3. The second kappa shape index (κ2) is 9.20. The predicted molar refractivity (Wildman–Crippen MR) is 138 cm³/mol. The molecule has 3 aromatic carbocycles. The topological polar surface area (TPSA) is 46.8 Å². The highest BCUT2D eigenvalue weighted by Crippen LogP contribution is 2.37. The summed E-state index contributed by atoms with van der Waals surface area (Å²) in [6, 6.07) is 23.0. The molecule has 5 nitrogen and oxygen atoms in total. The van der Waals surface area contributed by atoms with Gasteiger partial charge in [-0.15, -0.1) is 0 Å². The molecule has 6 rings (SSSR count). The van der Waals surface area contributed by atoms with E-state index in [0.29, 0.717) is 30.1 Å². The van der Waals surface area contributed by atoms with Gasteiger partial charge < -0.3 is 14.0 Å². The molecule has 0 N–H and O–H groups in total. The Morgan fingerprint density at radius 1 is 1.00 bits per heavy atom. The first-order valence-corrected chi connectivity index (χ1v) is 12.3. The molecule has 2 aromatic heterocycles. The van der Waals surface area contributed by atoms with Gasteiger partial charge in [-0.1, -0.05) is 60.2 Å². The van der Waals surface area contributed by atoms with Crippen molar-refractivity contribution in [2.75, 3.05) is 13.2 Å². The zero-order valence-corrected chi connectivity index (χ0v) is 20.6. The zero-order chi connectivity index (χ0) is 26.4. The first kappa shape index (κ1) is 24.0. The smallest absolute Gasteiger partial charge is 0.416 e. The van der Waals surface area contributed by atoms with E-state index in [0.717, 1.165) is 34.0 Å². The van der Waals surface area contributed by atoms with Crippen LogP contribution >= 0.6 is 0 Å². The van der Waals surface area contributed by atoms with E-state index in [1.165, 1.54) is 6.20 Å². The molecule has 1 unspecified atom stereocenters. The van der Waals surface area contributed by atoms with Crippen molar-refractivity contribution < 1.29 is 22.7 Å². The number of benzene rings is 3. The number of carbonyl (C=O) groups excluding carboxylic acids is 1. The molecular weight excluding hydrogens is 491 g/mol. The predicted octanol–water partition coefficient (Wildman–Crippen LogP) is 6.37. The van der Waals surface area contributed by atoms with Crippen molar-refractivity contribution in [3.63, 3.8) is 0 Å². The molecule has 5 aromatic rings. The fraction of sp³-hybridized carbons (Fsp3) is 0.200. The molecule has 0 saturated heterocycles. The van der Waals surface area contributed by atoms with E-state index < -0.39 is 17.8 Å². The third kappa shape index (κ3) is 4.36. The molecule has 8 heteroatoms. The normalized spacial score (nSPS) is 15.6. The van der Waals surface area contributed by atoms with Gasteiger partial charge in [-0.05, 0) is 47.5 Å². The maximum atomic E-state index is 13.6. The van der Waals surface area contributed by atoms with Crippen LogP contribution in [0.2, 0.25) is 0 Å². The molecule has 0 spiro atoms. The van der Waals surface area contributed by atoms with Crippen molar-refractivity contribution >= 4 is 22.3 Å². The monoisotopic (exact) mass is 515 g/mol. The minimum absolute atomic E-state index is 0.162. The molecule has 1 atom stereocenters. The number of alkyl halides is 3. The van der Waals surface area contributed by atoms with E-state index >= 15 is 0 Å². The summed E-state index contributed by atoms with van der Waals surface area (Å²) < 4.78 is 47.6. The van der Waals surface area contributed by atoms with Crippen LogP contribution in [0.25, 0.3) is 16.4 Å². The molecule has 192 valence electrons. The Morgan fingerprint density at radius 3 is 2.53 bits per heavy atom. The number of imidazole rings is 1. The largest absolute Gasteiger partial charge is 0.484 e. The van der Waals surface area contributed by atoms with E-state index in [1.807, 2.05) is 73.7 Å². The van der Waals surface area contributed by atoms with Gasteiger partial charge in [0.25, 0.3) is 5.91 Å². The van der Waals surface area contributed by atoms with Gasteiger partial charge in [0.2, 0.25) is 0 Å². The average Bonchev–Trinajstić information content (AvgIpc) is 3.29. The number of carbonyl (C=O) groups is 1. The van der Waals surface area contributed by atoms with Gasteiger partial charge in [-0.2, -0.15) is 13.2 Å². The quantitative estimate of drug-likeness (QED) is 0.280. The number of amides is 1. The van der Waals surface area contributed by atoms with Gasteiger partial charge in [0.15, 0.2) is 6.61 Å². The third-order valence-corrected chi connectivity index (χ3v) is 7.02. The highest BCUT2D eigenvalue weighted by Gasteiger charge is 2.37. The number of nitrogens with zero attached hydrogens (tertiary/aromatic N) is 3. The van der Waals surface area contributed by atoms with Crippen molar-refractivity contribution in [1.29, 1.82) is 0 Å². The fourth-order valence-electron chi connectivity index (χ4n) is 5.11. The Balaban J connectivity index is 1.35. The van der Waals surface area contributed by atoms with Crippen molar-refractivity contribution in [3.05, 3.63) is 113 Å². The van der Waals surface area contributed by atoms with Crippen molar-refractivity contribution in [3.8, 4) is 5.75 Å². The first-order chi connectivity index (χ1) is 18.3. The van der Waals surface area contributed by atoms with Gasteiger partial charge in [0.05, 0.1) is 23.0 Å². The highest BCUT2D eigenvalue weighted by molar-refractivity contribution is 5.84. The number of hydrogen-bond donors (Lipinski definition) is 0. The SMILES string of the molecule is Cc1ccc(C2c3c(nc4cc(C(F)(F)F)ccn34)CCN2C(=O)COc2ccc3ccccc3c2)cc1.